The molecular formula is C15H21N3O. The number of anilines is 1. The van der Waals surface area contributed by atoms with Crippen LogP contribution in [-0.4, -0.2) is 28.9 Å². The lowest BCUT2D eigenvalue weighted by Crippen LogP contribution is -2.35. The van der Waals surface area contributed by atoms with Gasteiger partial charge in [-0.3, -0.25) is 4.79 Å². The molecule has 0 saturated heterocycles. The molecule has 0 aliphatic rings. The first-order chi connectivity index (χ1) is 9.04. The SMILES string of the molecule is CCCC(C)N(C)C(=O)c1cc2cccc(N)c2[nH]1. The molecule has 0 radical (unpaired) electrons. The summed E-state index contributed by atoms with van der Waals surface area (Å²) in [6.45, 7) is 4.19. The quantitative estimate of drug-likeness (QED) is 0.829. The van der Waals surface area contributed by atoms with Gasteiger partial charge in [-0.1, -0.05) is 25.5 Å². The van der Waals surface area contributed by atoms with Gasteiger partial charge in [0.1, 0.15) is 5.69 Å². The average molecular weight is 259 g/mol. The van der Waals surface area contributed by atoms with Crippen LogP contribution in [0.1, 0.15) is 37.2 Å². The van der Waals surface area contributed by atoms with Gasteiger partial charge in [-0.15, -0.1) is 0 Å². The molecule has 19 heavy (non-hydrogen) atoms. The molecule has 2 aromatic rings. The summed E-state index contributed by atoms with van der Waals surface area (Å²) in [5.41, 5.74) is 8.00. The molecule has 1 unspecified atom stereocenters. The van der Waals surface area contributed by atoms with Crippen LogP contribution in [0.3, 0.4) is 0 Å². The third-order valence-corrected chi connectivity index (χ3v) is 3.61. The maximum Gasteiger partial charge on any atom is 0.270 e. The molecule has 0 aliphatic heterocycles. The monoisotopic (exact) mass is 259 g/mol. The van der Waals surface area contributed by atoms with E-state index in [2.05, 4.69) is 18.8 Å². The van der Waals surface area contributed by atoms with Crippen molar-refractivity contribution in [2.24, 2.45) is 0 Å². The van der Waals surface area contributed by atoms with Crippen LogP contribution in [0.2, 0.25) is 0 Å². The van der Waals surface area contributed by atoms with E-state index in [9.17, 15) is 4.79 Å². The van der Waals surface area contributed by atoms with Crippen LogP contribution in [-0.2, 0) is 0 Å². The number of nitrogens with two attached hydrogens (primary N) is 1. The maximum absolute atomic E-state index is 12.4. The third-order valence-electron chi connectivity index (χ3n) is 3.61. The number of aromatic amines is 1. The summed E-state index contributed by atoms with van der Waals surface area (Å²) in [5, 5.41) is 0.972. The van der Waals surface area contributed by atoms with E-state index in [-0.39, 0.29) is 11.9 Å². The summed E-state index contributed by atoms with van der Waals surface area (Å²) in [5.74, 6) is 0.0107. The summed E-state index contributed by atoms with van der Waals surface area (Å²) < 4.78 is 0. The molecule has 1 aromatic carbocycles. The van der Waals surface area contributed by atoms with Crippen molar-refractivity contribution in [3.8, 4) is 0 Å². The summed E-state index contributed by atoms with van der Waals surface area (Å²) in [7, 11) is 1.84. The van der Waals surface area contributed by atoms with E-state index >= 15 is 0 Å². The minimum atomic E-state index is 0.0107. The molecule has 2 rings (SSSR count). The van der Waals surface area contributed by atoms with Gasteiger partial charge in [0.25, 0.3) is 5.91 Å². The number of aromatic nitrogens is 1. The zero-order valence-electron chi connectivity index (χ0n) is 11.7. The molecule has 0 bridgehead atoms. The van der Waals surface area contributed by atoms with E-state index in [4.69, 9.17) is 5.73 Å². The number of benzene rings is 1. The smallest absolute Gasteiger partial charge is 0.270 e. The highest BCUT2D eigenvalue weighted by molar-refractivity contribution is 6.00. The third kappa shape index (κ3) is 2.57. The highest BCUT2D eigenvalue weighted by atomic mass is 16.2. The molecule has 4 heteroatoms. The second-order valence-corrected chi connectivity index (χ2v) is 5.05. The Kier molecular flexibility index (Phi) is 3.79. The molecule has 0 aliphatic carbocycles. The van der Waals surface area contributed by atoms with E-state index in [1.807, 2.05) is 31.3 Å². The number of amides is 1. The van der Waals surface area contributed by atoms with E-state index in [0.717, 1.165) is 23.7 Å². The second kappa shape index (κ2) is 5.34. The van der Waals surface area contributed by atoms with Crippen molar-refractivity contribution in [1.29, 1.82) is 0 Å². The van der Waals surface area contributed by atoms with Crippen LogP contribution >= 0.6 is 0 Å². The lowest BCUT2D eigenvalue weighted by Gasteiger charge is -2.24. The number of carbonyl (C=O) groups is 1. The normalized spacial score (nSPS) is 12.6. The Bertz CT molecular complexity index is 588. The van der Waals surface area contributed by atoms with Gasteiger partial charge in [0.05, 0.1) is 11.2 Å². The number of nitrogens with one attached hydrogen (secondary N) is 1. The number of rotatable bonds is 4. The Labute approximate surface area is 113 Å². The molecule has 1 atom stereocenters. The molecule has 102 valence electrons. The number of para-hydroxylation sites is 1. The van der Waals surface area contributed by atoms with Crippen LogP contribution in [0.15, 0.2) is 24.3 Å². The average Bonchev–Trinajstić information content (AvgIpc) is 2.82. The zero-order valence-corrected chi connectivity index (χ0v) is 11.7. The summed E-state index contributed by atoms with van der Waals surface area (Å²) in [6, 6.07) is 7.78. The van der Waals surface area contributed by atoms with Gasteiger partial charge >= 0.3 is 0 Å². The lowest BCUT2D eigenvalue weighted by atomic mass is 10.1. The van der Waals surface area contributed by atoms with Crippen LogP contribution in [0.4, 0.5) is 5.69 Å². The Balaban J connectivity index is 2.29. The molecule has 0 fully saturated rings. The Morgan fingerprint density at radius 2 is 2.21 bits per heavy atom. The van der Waals surface area contributed by atoms with Crippen LogP contribution in [0.5, 0.6) is 0 Å². The van der Waals surface area contributed by atoms with Crippen molar-refractivity contribution in [2.45, 2.75) is 32.7 Å². The molecule has 1 amide bonds. The number of fused-ring (bicyclic) bond motifs is 1. The van der Waals surface area contributed by atoms with E-state index < -0.39 is 0 Å². The first-order valence-corrected chi connectivity index (χ1v) is 6.69. The topological polar surface area (TPSA) is 62.1 Å². The first kappa shape index (κ1) is 13.5. The summed E-state index contributed by atoms with van der Waals surface area (Å²) in [6.07, 6.45) is 2.07. The van der Waals surface area contributed by atoms with Crippen LogP contribution < -0.4 is 5.73 Å². The van der Waals surface area contributed by atoms with Gasteiger partial charge in [-0.05, 0) is 25.5 Å². The Hall–Kier alpha value is -1.97. The van der Waals surface area contributed by atoms with Gasteiger partial charge in [0.2, 0.25) is 0 Å². The van der Waals surface area contributed by atoms with Gasteiger partial charge in [0, 0.05) is 18.5 Å². The van der Waals surface area contributed by atoms with Gasteiger partial charge < -0.3 is 15.6 Å². The maximum atomic E-state index is 12.4. The molecular weight excluding hydrogens is 238 g/mol. The predicted octanol–water partition coefficient (Wildman–Crippen LogP) is 3.01. The van der Waals surface area contributed by atoms with Crippen LogP contribution in [0, 0.1) is 0 Å². The van der Waals surface area contributed by atoms with Crippen molar-refractivity contribution in [3.63, 3.8) is 0 Å². The number of hydrogen-bond donors (Lipinski definition) is 2. The number of nitrogen functional groups attached to an aromatic ring is 1. The summed E-state index contributed by atoms with van der Waals surface area (Å²) in [4.78, 5) is 17.3. The first-order valence-electron chi connectivity index (χ1n) is 6.69. The molecule has 0 spiro atoms. The minimum absolute atomic E-state index is 0.0107. The Morgan fingerprint density at radius 1 is 1.47 bits per heavy atom. The number of hydrogen-bond acceptors (Lipinski definition) is 2. The highest BCUT2D eigenvalue weighted by Crippen LogP contribution is 2.22. The number of H-pyrrole nitrogens is 1. The largest absolute Gasteiger partial charge is 0.397 e. The fraction of sp³-hybridized carbons (Fsp3) is 0.400. The van der Waals surface area contributed by atoms with Gasteiger partial charge in [-0.2, -0.15) is 0 Å². The number of carbonyl (C=O) groups excluding carboxylic acids is 1. The fourth-order valence-corrected chi connectivity index (χ4v) is 2.30. The molecule has 1 aromatic heterocycles. The minimum Gasteiger partial charge on any atom is -0.397 e. The van der Waals surface area contributed by atoms with Crippen molar-refractivity contribution >= 4 is 22.5 Å². The number of nitrogens with zero attached hydrogens (tertiary/aromatic N) is 1. The van der Waals surface area contributed by atoms with Gasteiger partial charge in [0.15, 0.2) is 0 Å². The van der Waals surface area contributed by atoms with Crippen molar-refractivity contribution in [1.82, 2.24) is 9.88 Å². The predicted molar refractivity (Wildman–Crippen MR) is 79.2 cm³/mol. The van der Waals surface area contributed by atoms with E-state index in [0.29, 0.717) is 11.4 Å². The highest BCUT2D eigenvalue weighted by Gasteiger charge is 2.18. The summed E-state index contributed by atoms with van der Waals surface area (Å²) >= 11 is 0. The molecule has 4 nitrogen and oxygen atoms in total. The van der Waals surface area contributed by atoms with Crippen molar-refractivity contribution in [3.05, 3.63) is 30.0 Å². The molecule has 3 N–H and O–H groups in total. The van der Waals surface area contributed by atoms with Gasteiger partial charge in [-0.25, -0.2) is 0 Å². The van der Waals surface area contributed by atoms with Crippen molar-refractivity contribution in [2.75, 3.05) is 12.8 Å². The second-order valence-electron chi connectivity index (χ2n) is 5.05. The van der Waals surface area contributed by atoms with E-state index in [1.165, 1.54) is 0 Å². The van der Waals surface area contributed by atoms with E-state index in [1.54, 1.807) is 4.90 Å². The van der Waals surface area contributed by atoms with Crippen LogP contribution in [0.25, 0.3) is 10.9 Å². The lowest BCUT2D eigenvalue weighted by molar-refractivity contribution is 0.0732. The molecule has 0 saturated carbocycles. The fourth-order valence-electron chi connectivity index (χ4n) is 2.30. The molecule has 1 heterocycles. The zero-order chi connectivity index (χ0) is 14.0. The standard InChI is InChI=1S/C15H21N3O/c1-4-6-10(2)18(3)15(19)13-9-11-7-5-8-12(16)14(11)17-13/h5,7-10,17H,4,6,16H2,1-3H3. The Morgan fingerprint density at radius 3 is 2.84 bits per heavy atom. The van der Waals surface area contributed by atoms with Crippen molar-refractivity contribution < 1.29 is 4.79 Å².